The zero-order valence-electron chi connectivity index (χ0n) is 17.3. The normalized spacial score (nSPS) is 25.9. The minimum Gasteiger partial charge on any atom is -0.380 e. The molecule has 0 amide bonds. The summed E-state index contributed by atoms with van der Waals surface area (Å²) in [6, 6.07) is 27.5. The molecule has 3 fully saturated rings. The summed E-state index contributed by atoms with van der Waals surface area (Å²) >= 11 is 0. The smallest absolute Gasteiger partial charge is 0.132 e. The van der Waals surface area contributed by atoms with E-state index >= 15 is 0 Å². The molecule has 0 aliphatic carbocycles. The summed E-state index contributed by atoms with van der Waals surface area (Å²) in [4.78, 5) is 0. The van der Waals surface area contributed by atoms with Gasteiger partial charge in [0.1, 0.15) is 18.0 Å². The fourth-order valence-electron chi connectivity index (χ4n) is 5.97. The summed E-state index contributed by atoms with van der Waals surface area (Å²) in [5.41, 5.74) is 1.57. The molecule has 0 saturated carbocycles. The molecule has 0 radical (unpaired) electrons. The van der Waals surface area contributed by atoms with Crippen molar-refractivity contribution in [3.63, 3.8) is 0 Å². The molecule has 3 heterocycles. The van der Waals surface area contributed by atoms with E-state index in [1.807, 2.05) is 48.5 Å². The van der Waals surface area contributed by atoms with Gasteiger partial charge in [-0.05, 0) is 17.2 Å². The van der Waals surface area contributed by atoms with Gasteiger partial charge in [0.15, 0.2) is 0 Å². The maximum atomic E-state index is 14.3. The SMILES string of the molecule is OC(c1ccccc1)(c1ccccc1)C12CC[N+](Cc3ccccc3F)(CC1)CC2. The van der Waals surface area contributed by atoms with E-state index in [4.69, 9.17) is 0 Å². The monoisotopic (exact) mass is 402 g/mol. The van der Waals surface area contributed by atoms with E-state index in [0.717, 1.165) is 66.6 Å². The van der Waals surface area contributed by atoms with Crippen LogP contribution in [0.2, 0.25) is 0 Å². The average Bonchev–Trinajstić information content (AvgIpc) is 2.82. The molecule has 0 spiro atoms. The van der Waals surface area contributed by atoms with Crippen LogP contribution in [0.1, 0.15) is 36.0 Å². The minimum atomic E-state index is -1.01. The number of hydrogen-bond acceptors (Lipinski definition) is 1. The molecule has 3 saturated heterocycles. The lowest BCUT2D eigenvalue weighted by atomic mass is 9.56. The summed E-state index contributed by atoms with van der Waals surface area (Å²) in [7, 11) is 0. The Morgan fingerprint density at radius 3 is 1.70 bits per heavy atom. The van der Waals surface area contributed by atoms with Crippen molar-refractivity contribution < 1.29 is 14.0 Å². The van der Waals surface area contributed by atoms with Crippen LogP contribution in [0.5, 0.6) is 0 Å². The van der Waals surface area contributed by atoms with Gasteiger partial charge in [0.2, 0.25) is 0 Å². The van der Waals surface area contributed by atoms with Gasteiger partial charge in [-0.1, -0.05) is 78.9 Å². The standard InChI is InChI=1S/C27H29FNO/c28-25-14-8-7-9-22(25)21-29-18-15-26(16-19-29,17-20-29)27(30,23-10-3-1-4-11-23)24-12-5-2-6-13-24/h1-14,30H,15-21H2/q+1. The molecule has 6 rings (SSSR count). The van der Waals surface area contributed by atoms with Crippen molar-refractivity contribution in [3.8, 4) is 0 Å². The molecular weight excluding hydrogens is 373 g/mol. The van der Waals surface area contributed by atoms with Gasteiger partial charge in [0.05, 0.1) is 19.6 Å². The number of benzene rings is 3. The van der Waals surface area contributed by atoms with E-state index in [9.17, 15) is 9.50 Å². The topological polar surface area (TPSA) is 20.2 Å². The maximum Gasteiger partial charge on any atom is 0.132 e. The highest BCUT2D eigenvalue weighted by Crippen LogP contribution is 2.57. The van der Waals surface area contributed by atoms with Crippen molar-refractivity contribution in [2.75, 3.05) is 19.6 Å². The molecule has 3 aromatic rings. The molecular formula is C27H29FNO+. The van der Waals surface area contributed by atoms with Gasteiger partial charge in [-0.3, -0.25) is 0 Å². The lowest BCUT2D eigenvalue weighted by Crippen LogP contribution is -2.66. The van der Waals surface area contributed by atoms with Crippen molar-refractivity contribution in [2.24, 2.45) is 5.41 Å². The van der Waals surface area contributed by atoms with Crippen LogP contribution >= 0.6 is 0 Å². The number of nitrogens with zero attached hydrogens (tertiary/aromatic N) is 1. The van der Waals surface area contributed by atoms with Gasteiger partial charge in [0, 0.05) is 30.2 Å². The zero-order valence-corrected chi connectivity index (χ0v) is 17.3. The lowest BCUT2D eigenvalue weighted by molar-refractivity contribution is -0.958. The zero-order chi connectivity index (χ0) is 20.7. The fourth-order valence-corrected chi connectivity index (χ4v) is 5.97. The van der Waals surface area contributed by atoms with Crippen LogP contribution in [0.15, 0.2) is 84.9 Å². The number of piperidine rings is 3. The Balaban J connectivity index is 1.49. The largest absolute Gasteiger partial charge is 0.380 e. The van der Waals surface area contributed by atoms with Crippen LogP contribution in [0.4, 0.5) is 4.39 Å². The van der Waals surface area contributed by atoms with Crippen LogP contribution in [0.25, 0.3) is 0 Å². The number of halogens is 1. The average molecular weight is 403 g/mol. The molecule has 1 N–H and O–H groups in total. The van der Waals surface area contributed by atoms with Crippen molar-refractivity contribution in [2.45, 2.75) is 31.4 Å². The van der Waals surface area contributed by atoms with Crippen molar-refractivity contribution >= 4 is 0 Å². The first-order valence-electron chi connectivity index (χ1n) is 11.0. The highest BCUT2D eigenvalue weighted by Gasteiger charge is 2.60. The number of hydrogen-bond donors (Lipinski definition) is 1. The Bertz CT molecular complexity index is 953. The summed E-state index contributed by atoms with van der Waals surface area (Å²) in [5, 5.41) is 12.4. The van der Waals surface area contributed by atoms with E-state index < -0.39 is 5.60 Å². The number of fused-ring (bicyclic) bond motifs is 3. The van der Waals surface area contributed by atoms with E-state index in [0.29, 0.717) is 0 Å². The van der Waals surface area contributed by atoms with Crippen LogP contribution in [-0.2, 0) is 12.1 Å². The fraction of sp³-hybridized carbons (Fsp3) is 0.333. The molecule has 0 atom stereocenters. The Hall–Kier alpha value is -2.49. The maximum absolute atomic E-state index is 14.3. The Morgan fingerprint density at radius 2 is 1.20 bits per heavy atom. The van der Waals surface area contributed by atoms with E-state index in [2.05, 4.69) is 24.3 Å². The van der Waals surface area contributed by atoms with E-state index in [1.165, 1.54) is 0 Å². The number of quaternary nitrogens is 1. The summed E-state index contributed by atoms with van der Waals surface area (Å²) in [6.07, 6.45) is 2.84. The van der Waals surface area contributed by atoms with Gasteiger partial charge >= 0.3 is 0 Å². The second-order valence-corrected chi connectivity index (χ2v) is 9.23. The van der Waals surface area contributed by atoms with Crippen molar-refractivity contribution in [1.82, 2.24) is 0 Å². The Morgan fingerprint density at radius 1 is 0.733 bits per heavy atom. The predicted molar refractivity (Wildman–Crippen MR) is 117 cm³/mol. The third kappa shape index (κ3) is 3.00. The van der Waals surface area contributed by atoms with Crippen LogP contribution < -0.4 is 0 Å². The Labute approximate surface area is 178 Å². The number of aliphatic hydroxyl groups is 1. The number of rotatable bonds is 5. The predicted octanol–water partition coefficient (Wildman–Crippen LogP) is 5.26. The molecule has 0 unspecified atom stereocenters. The molecule has 154 valence electrons. The van der Waals surface area contributed by atoms with Crippen molar-refractivity contribution in [1.29, 1.82) is 0 Å². The van der Waals surface area contributed by atoms with Gasteiger partial charge < -0.3 is 9.59 Å². The second kappa shape index (κ2) is 7.33. The highest BCUT2D eigenvalue weighted by molar-refractivity contribution is 5.39. The molecule has 3 heteroatoms. The van der Waals surface area contributed by atoms with Crippen LogP contribution in [-0.4, -0.2) is 29.2 Å². The minimum absolute atomic E-state index is 0.0995. The Kier molecular flexibility index (Phi) is 4.76. The molecule has 3 aromatic carbocycles. The van der Waals surface area contributed by atoms with Gasteiger partial charge in [0.25, 0.3) is 0 Å². The highest BCUT2D eigenvalue weighted by atomic mass is 19.1. The second-order valence-electron chi connectivity index (χ2n) is 9.23. The van der Waals surface area contributed by atoms with Gasteiger partial charge in [-0.25, -0.2) is 4.39 Å². The lowest BCUT2D eigenvalue weighted by Gasteiger charge is -2.60. The summed E-state index contributed by atoms with van der Waals surface area (Å²) in [5.74, 6) is -0.0995. The van der Waals surface area contributed by atoms with Crippen LogP contribution in [0, 0.1) is 11.2 Å². The van der Waals surface area contributed by atoms with Gasteiger partial charge in [-0.2, -0.15) is 0 Å². The van der Waals surface area contributed by atoms with Gasteiger partial charge in [-0.15, -0.1) is 0 Å². The first-order valence-corrected chi connectivity index (χ1v) is 11.0. The third-order valence-corrected chi connectivity index (χ3v) is 7.81. The molecule has 2 nitrogen and oxygen atoms in total. The molecule has 2 bridgehead atoms. The van der Waals surface area contributed by atoms with Crippen LogP contribution in [0.3, 0.4) is 0 Å². The first-order chi connectivity index (χ1) is 14.6. The summed E-state index contributed by atoms with van der Waals surface area (Å²) in [6.45, 7) is 3.70. The molecule has 3 aliphatic rings. The third-order valence-electron chi connectivity index (χ3n) is 7.81. The van der Waals surface area contributed by atoms with E-state index in [1.54, 1.807) is 12.1 Å². The van der Waals surface area contributed by atoms with Crippen molar-refractivity contribution in [3.05, 3.63) is 107 Å². The quantitative estimate of drug-likeness (QED) is 0.577. The van der Waals surface area contributed by atoms with E-state index in [-0.39, 0.29) is 11.2 Å². The molecule has 0 aromatic heterocycles. The molecule has 3 aliphatic heterocycles. The molecule has 30 heavy (non-hydrogen) atoms. The first kappa shape index (κ1) is 19.5. The summed E-state index contributed by atoms with van der Waals surface area (Å²) < 4.78 is 15.3.